The van der Waals surface area contributed by atoms with Crippen molar-refractivity contribution in [1.82, 2.24) is 15.4 Å². The molecule has 116 valence electrons. The predicted octanol–water partition coefficient (Wildman–Crippen LogP) is 2.88. The summed E-state index contributed by atoms with van der Waals surface area (Å²) in [5, 5.41) is 7.74. The molecule has 2 aromatic rings. The van der Waals surface area contributed by atoms with Crippen molar-refractivity contribution >= 4 is 22.3 Å². The van der Waals surface area contributed by atoms with E-state index in [9.17, 15) is 13.2 Å². The van der Waals surface area contributed by atoms with Crippen molar-refractivity contribution in [3.05, 3.63) is 41.4 Å². The normalized spacial score (nSPS) is 13.0. The van der Waals surface area contributed by atoms with Gasteiger partial charge in [-0.15, -0.1) is 0 Å². The summed E-state index contributed by atoms with van der Waals surface area (Å²) in [7, 11) is 0. The van der Waals surface area contributed by atoms with Gasteiger partial charge in [0.2, 0.25) is 0 Å². The summed E-state index contributed by atoms with van der Waals surface area (Å²) in [5.74, 6) is 5.29. The highest BCUT2D eigenvalue weighted by atomic mass is 19.4. The Morgan fingerprint density at radius 2 is 1.68 bits per heavy atom. The van der Waals surface area contributed by atoms with E-state index in [1.165, 1.54) is 19.9 Å². The third-order valence-electron chi connectivity index (χ3n) is 3.04. The molecule has 0 bridgehead atoms. The molecule has 0 amide bonds. The first-order valence-corrected chi connectivity index (χ1v) is 6.33. The van der Waals surface area contributed by atoms with Gasteiger partial charge in [0.25, 0.3) is 0 Å². The van der Waals surface area contributed by atoms with Gasteiger partial charge in [-0.3, -0.25) is 5.84 Å². The second kappa shape index (κ2) is 5.72. The Morgan fingerprint density at radius 3 is 2.14 bits per heavy atom. The number of hydrogen-bond acceptors (Lipinski definition) is 5. The molecule has 8 heteroatoms. The van der Waals surface area contributed by atoms with Gasteiger partial charge in [-0.05, 0) is 26.0 Å². The zero-order chi connectivity index (χ0) is 16.5. The first-order valence-electron chi connectivity index (χ1n) is 6.33. The molecule has 0 saturated heterocycles. The minimum absolute atomic E-state index is 0.0203. The zero-order valence-electron chi connectivity index (χ0n) is 11.9. The summed E-state index contributed by atoms with van der Waals surface area (Å²) in [6, 6.07) is 6.26. The Labute approximate surface area is 124 Å². The maximum atomic E-state index is 13.3. The van der Waals surface area contributed by atoms with Crippen molar-refractivity contribution in [3.63, 3.8) is 0 Å². The van der Waals surface area contributed by atoms with E-state index in [1.807, 2.05) is 0 Å². The average Bonchev–Trinajstić information content (AvgIpc) is 2.45. The highest BCUT2D eigenvalue weighted by Gasteiger charge is 2.38. The molecule has 1 aromatic carbocycles. The molecule has 0 fully saturated rings. The van der Waals surface area contributed by atoms with E-state index in [0.717, 1.165) is 0 Å². The number of allylic oxidation sites excluding steroid dienone is 2. The van der Waals surface area contributed by atoms with E-state index in [4.69, 9.17) is 11.3 Å². The van der Waals surface area contributed by atoms with Crippen LogP contribution in [0.1, 0.15) is 25.2 Å². The number of alkyl halides is 3. The highest BCUT2D eigenvalue weighted by Crippen LogP contribution is 2.34. The van der Waals surface area contributed by atoms with E-state index < -0.39 is 17.6 Å². The third kappa shape index (κ3) is 2.91. The fourth-order valence-corrected chi connectivity index (χ4v) is 2.08. The van der Waals surface area contributed by atoms with Gasteiger partial charge in [0.15, 0.2) is 5.69 Å². The first kappa shape index (κ1) is 15.9. The Hall–Kier alpha value is -2.48. The molecule has 0 aliphatic rings. The number of benzene rings is 1. The van der Waals surface area contributed by atoms with Gasteiger partial charge in [0.05, 0.1) is 11.0 Å². The van der Waals surface area contributed by atoms with Crippen LogP contribution in [0.2, 0.25) is 0 Å². The topological polar surface area (TPSA) is 87.7 Å². The molecule has 0 saturated carbocycles. The smallest absolute Gasteiger partial charge is 0.328 e. The van der Waals surface area contributed by atoms with Crippen molar-refractivity contribution < 1.29 is 13.2 Å². The van der Waals surface area contributed by atoms with Crippen LogP contribution in [0.25, 0.3) is 16.6 Å². The zero-order valence-corrected chi connectivity index (χ0v) is 11.9. The fraction of sp³-hybridized carbons (Fsp3) is 0.214. The molecule has 0 spiro atoms. The lowest BCUT2D eigenvalue weighted by Crippen LogP contribution is -2.24. The molecule has 22 heavy (non-hydrogen) atoms. The van der Waals surface area contributed by atoms with Crippen LogP contribution in [0, 0.1) is 5.41 Å². The molecule has 0 atom stereocenters. The predicted molar refractivity (Wildman–Crippen MR) is 77.9 cm³/mol. The monoisotopic (exact) mass is 309 g/mol. The standard InChI is InChI=1S/C14H14F3N5/c1-7(18)11(8(2)22-19)12-13(14(15,16)17)21-10-6-4-3-5-9(10)20-12/h3-6,18,22H,19H2,1-2H3/b11-8+,18-7?. The summed E-state index contributed by atoms with van der Waals surface area (Å²) in [4.78, 5) is 7.73. The number of fused-ring (bicyclic) bond motifs is 1. The second-order valence-electron chi connectivity index (χ2n) is 4.68. The van der Waals surface area contributed by atoms with Crippen LogP contribution in [0.4, 0.5) is 13.2 Å². The number of nitrogens with one attached hydrogen (secondary N) is 2. The molecule has 0 unspecified atom stereocenters. The Morgan fingerprint density at radius 1 is 1.14 bits per heavy atom. The van der Waals surface area contributed by atoms with Crippen LogP contribution in [0.5, 0.6) is 0 Å². The molecule has 4 N–H and O–H groups in total. The summed E-state index contributed by atoms with van der Waals surface area (Å²) < 4.78 is 40.0. The number of aromatic nitrogens is 2. The fourth-order valence-electron chi connectivity index (χ4n) is 2.08. The third-order valence-corrected chi connectivity index (χ3v) is 3.04. The lowest BCUT2D eigenvalue weighted by Gasteiger charge is -2.16. The van der Waals surface area contributed by atoms with Crippen molar-refractivity contribution in [2.75, 3.05) is 0 Å². The molecule has 0 aliphatic carbocycles. The molecular formula is C14H14F3N5. The minimum Gasteiger partial charge on any atom is -0.328 e. The minimum atomic E-state index is -4.69. The van der Waals surface area contributed by atoms with E-state index in [1.54, 1.807) is 18.2 Å². The molecule has 1 heterocycles. The van der Waals surface area contributed by atoms with E-state index in [2.05, 4.69) is 15.4 Å². The maximum Gasteiger partial charge on any atom is 0.435 e. The first-order chi connectivity index (χ1) is 10.3. The summed E-state index contributed by atoms with van der Waals surface area (Å²) in [6.07, 6.45) is -4.69. The maximum absolute atomic E-state index is 13.3. The number of nitrogens with zero attached hydrogens (tertiary/aromatic N) is 2. The van der Waals surface area contributed by atoms with Crippen LogP contribution in [-0.4, -0.2) is 15.7 Å². The second-order valence-corrected chi connectivity index (χ2v) is 4.68. The summed E-state index contributed by atoms with van der Waals surface area (Å²) in [6.45, 7) is 2.84. The van der Waals surface area contributed by atoms with Crippen LogP contribution in [0.15, 0.2) is 30.0 Å². The van der Waals surface area contributed by atoms with Gasteiger partial charge in [-0.2, -0.15) is 13.2 Å². The molecular weight excluding hydrogens is 295 g/mol. The van der Waals surface area contributed by atoms with Crippen molar-refractivity contribution in [3.8, 4) is 0 Å². The summed E-state index contributed by atoms with van der Waals surface area (Å²) >= 11 is 0. The number of rotatable bonds is 3. The number of nitrogens with two attached hydrogens (primary N) is 1. The average molecular weight is 309 g/mol. The van der Waals surface area contributed by atoms with Gasteiger partial charge in [-0.1, -0.05) is 12.1 Å². The SMILES string of the molecule is CC(=N)/C(=C(/C)NN)c1nc2ccccc2nc1C(F)(F)F. The lowest BCUT2D eigenvalue weighted by atomic mass is 10.0. The largest absolute Gasteiger partial charge is 0.435 e. The van der Waals surface area contributed by atoms with Crippen molar-refractivity contribution in [1.29, 1.82) is 5.41 Å². The van der Waals surface area contributed by atoms with Crippen LogP contribution in [0.3, 0.4) is 0 Å². The van der Waals surface area contributed by atoms with Crippen LogP contribution < -0.4 is 11.3 Å². The molecule has 0 radical (unpaired) electrons. The Bertz CT molecular complexity index is 765. The van der Waals surface area contributed by atoms with Gasteiger partial charge in [0, 0.05) is 17.0 Å². The lowest BCUT2D eigenvalue weighted by molar-refractivity contribution is -0.141. The highest BCUT2D eigenvalue weighted by molar-refractivity contribution is 6.21. The van der Waals surface area contributed by atoms with Crippen molar-refractivity contribution in [2.24, 2.45) is 5.84 Å². The van der Waals surface area contributed by atoms with Crippen LogP contribution >= 0.6 is 0 Å². The van der Waals surface area contributed by atoms with E-state index in [0.29, 0.717) is 5.52 Å². The van der Waals surface area contributed by atoms with E-state index >= 15 is 0 Å². The number of halogens is 3. The van der Waals surface area contributed by atoms with E-state index in [-0.39, 0.29) is 22.5 Å². The number of hydrogen-bond donors (Lipinski definition) is 3. The Kier molecular flexibility index (Phi) is 4.14. The number of para-hydroxylation sites is 2. The van der Waals surface area contributed by atoms with Gasteiger partial charge in [0.1, 0.15) is 5.69 Å². The summed E-state index contributed by atoms with van der Waals surface area (Å²) in [5.41, 5.74) is 1.28. The molecule has 5 nitrogen and oxygen atoms in total. The van der Waals surface area contributed by atoms with Crippen molar-refractivity contribution in [2.45, 2.75) is 20.0 Å². The molecule has 1 aromatic heterocycles. The van der Waals surface area contributed by atoms with Crippen LogP contribution in [-0.2, 0) is 6.18 Å². The van der Waals surface area contributed by atoms with Gasteiger partial charge >= 0.3 is 6.18 Å². The molecule has 2 rings (SSSR count). The van der Waals surface area contributed by atoms with Gasteiger partial charge < -0.3 is 10.8 Å². The molecule has 0 aliphatic heterocycles. The van der Waals surface area contributed by atoms with Gasteiger partial charge in [-0.25, -0.2) is 9.97 Å². The number of hydrazine groups is 1. The Balaban J connectivity index is 2.88. The quantitative estimate of drug-likeness (QED) is 0.462.